The summed E-state index contributed by atoms with van der Waals surface area (Å²) in [4.78, 5) is 4.35. The Hall–Kier alpha value is -1.89. The quantitative estimate of drug-likeness (QED) is 0.518. The van der Waals surface area contributed by atoms with Gasteiger partial charge in [0, 0.05) is 17.8 Å². The summed E-state index contributed by atoms with van der Waals surface area (Å²) in [5.41, 5.74) is 5.09. The van der Waals surface area contributed by atoms with Crippen molar-refractivity contribution in [1.29, 1.82) is 0 Å². The van der Waals surface area contributed by atoms with Gasteiger partial charge in [0.25, 0.3) is 0 Å². The second kappa shape index (κ2) is 6.87. The van der Waals surface area contributed by atoms with Gasteiger partial charge in [0.15, 0.2) is 0 Å². The fourth-order valence-electron chi connectivity index (χ4n) is 7.13. The third-order valence-corrected chi connectivity index (χ3v) is 8.51. The number of pyridine rings is 1. The molecule has 1 aromatic carbocycles. The highest BCUT2D eigenvalue weighted by Crippen LogP contribution is 2.55. The summed E-state index contributed by atoms with van der Waals surface area (Å²) in [6.07, 6.45) is 21.9. The van der Waals surface area contributed by atoms with E-state index in [2.05, 4.69) is 41.4 Å². The van der Waals surface area contributed by atoms with Crippen LogP contribution in [0.1, 0.15) is 69.3 Å². The van der Waals surface area contributed by atoms with Crippen molar-refractivity contribution in [3.05, 3.63) is 65.5 Å². The molecular formula is C27H31N. The van der Waals surface area contributed by atoms with Gasteiger partial charge in [-0.15, -0.1) is 0 Å². The number of nitrogens with zero attached hydrogens (tertiary/aromatic N) is 1. The lowest BCUT2D eigenvalue weighted by molar-refractivity contribution is 0.245. The van der Waals surface area contributed by atoms with Crippen LogP contribution in [-0.2, 0) is 0 Å². The Bertz CT molecular complexity index is 952. The van der Waals surface area contributed by atoms with E-state index in [4.69, 9.17) is 0 Å². The molecule has 6 rings (SSSR count). The number of allylic oxidation sites excluding steroid dienone is 4. The van der Waals surface area contributed by atoms with Crippen LogP contribution in [0.3, 0.4) is 0 Å². The van der Waals surface area contributed by atoms with E-state index in [0.29, 0.717) is 0 Å². The average molecular weight is 370 g/mol. The number of hydrogen-bond acceptors (Lipinski definition) is 1. The lowest BCUT2D eigenvalue weighted by atomic mass is 9.69. The van der Waals surface area contributed by atoms with Gasteiger partial charge >= 0.3 is 0 Å². The molecule has 28 heavy (non-hydrogen) atoms. The van der Waals surface area contributed by atoms with Crippen LogP contribution in [0.4, 0.5) is 0 Å². The molecule has 0 aliphatic heterocycles. The highest BCUT2D eigenvalue weighted by atomic mass is 14.6. The van der Waals surface area contributed by atoms with Crippen LogP contribution in [0.2, 0.25) is 0 Å². The molecular weight excluding hydrogens is 338 g/mol. The summed E-state index contributed by atoms with van der Waals surface area (Å²) < 4.78 is 0. The summed E-state index contributed by atoms with van der Waals surface area (Å²) in [7, 11) is 0. The summed E-state index contributed by atoms with van der Waals surface area (Å²) in [5.74, 6) is 4.24. The average Bonchev–Trinajstić information content (AvgIpc) is 3.08. The maximum absolute atomic E-state index is 4.35. The van der Waals surface area contributed by atoms with Gasteiger partial charge in [-0.05, 0) is 110 Å². The molecule has 4 aliphatic rings. The van der Waals surface area contributed by atoms with Crippen LogP contribution in [0.15, 0.2) is 60.0 Å². The van der Waals surface area contributed by atoms with Gasteiger partial charge in [0.05, 0.1) is 0 Å². The molecule has 1 aromatic heterocycles. The van der Waals surface area contributed by atoms with Crippen molar-refractivity contribution < 1.29 is 0 Å². The monoisotopic (exact) mass is 369 g/mol. The van der Waals surface area contributed by atoms with Crippen molar-refractivity contribution in [2.75, 3.05) is 0 Å². The van der Waals surface area contributed by atoms with Crippen molar-refractivity contribution in [2.45, 2.75) is 63.7 Å². The van der Waals surface area contributed by atoms with Gasteiger partial charge < -0.3 is 0 Å². The number of benzene rings is 1. The highest BCUT2D eigenvalue weighted by Gasteiger charge is 2.44. The van der Waals surface area contributed by atoms with Crippen molar-refractivity contribution in [1.82, 2.24) is 4.98 Å². The van der Waals surface area contributed by atoms with Gasteiger partial charge in [0.1, 0.15) is 0 Å². The van der Waals surface area contributed by atoms with Crippen LogP contribution in [-0.4, -0.2) is 4.98 Å². The minimum Gasteiger partial charge on any atom is -0.264 e. The smallest absolute Gasteiger partial charge is 0.0346 e. The third kappa shape index (κ3) is 2.78. The zero-order valence-corrected chi connectivity index (χ0v) is 16.8. The van der Waals surface area contributed by atoms with Crippen molar-refractivity contribution >= 4 is 10.8 Å². The number of rotatable bonds is 1. The Morgan fingerprint density at radius 2 is 1.79 bits per heavy atom. The second-order valence-corrected chi connectivity index (χ2v) is 9.78. The topological polar surface area (TPSA) is 12.9 Å². The molecule has 2 aromatic rings. The molecule has 2 saturated carbocycles. The zero-order valence-electron chi connectivity index (χ0n) is 16.8. The van der Waals surface area contributed by atoms with Gasteiger partial charge in [-0.3, -0.25) is 4.98 Å². The SMILES string of the molecule is C1=C2CCCCC2CCC2C1=CCC1C(c3ccc4ccncc4c3)CCC21. The molecule has 0 bridgehead atoms. The van der Waals surface area contributed by atoms with Gasteiger partial charge in [-0.25, -0.2) is 0 Å². The third-order valence-electron chi connectivity index (χ3n) is 8.51. The molecule has 1 heterocycles. The normalized spacial score (nSPS) is 34.6. The van der Waals surface area contributed by atoms with Crippen LogP contribution >= 0.6 is 0 Å². The predicted octanol–water partition coefficient (Wildman–Crippen LogP) is 7.20. The molecule has 0 radical (unpaired) electrons. The molecule has 4 aliphatic carbocycles. The number of hydrogen-bond donors (Lipinski definition) is 0. The van der Waals surface area contributed by atoms with Gasteiger partial charge in [0.2, 0.25) is 0 Å². The van der Waals surface area contributed by atoms with Crippen molar-refractivity contribution in [2.24, 2.45) is 23.7 Å². The molecule has 1 heteroatoms. The molecule has 0 saturated heterocycles. The first-order valence-corrected chi connectivity index (χ1v) is 11.6. The molecule has 0 N–H and O–H groups in total. The Morgan fingerprint density at radius 3 is 2.79 bits per heavy atom. The first-order valence-electron chi connectivity index (χ1n) is 11.6. The molecule has 5 unspecified atom stereocenters. The summed E-state index contributed by atoms with van der Waals surface area (Å²) in [6.45, 7) is 0. The lowest BCUT2D eigenvalue weighted by Gasteiger charge is -2.35. The molecule has 5 atom stereocenters. The van der Waals surface area contributed by atoms with Crippen molar-refractivity contribution in [3.8, 4) is 0 Å². The Kier molecular flexibility index (Phi) is 4.17. The maximum atomic E-state index is 4.35. The minimum atomic E-state index is 0.741. The van der Waals surface area contributed by atoms with E-state index in [1.54, 1.807) is 16.7 Å². The largest absolute Gasteiger partial charge is 0.264 e. The van der Waals surface area contributed by atoms with Crippen molar-refractivity contribution in [3.63, 3.8) is 0 Å². The Balaban J connectivity index is 1.30. The second-order valence-electron chi connectivity index (χ2n) is 9.78. The molecule has 0 amide bonds. The van der Waals surface area contributed by atoms with E-state index >= 15 is 0 Å². The van der Waals surface area contributed by atoms with E-state index in [0.717, 1.165) is 29.6 Å². The molecule has 0 spiro atoms. The van der Waals surface area contributed by atoms with E-state index in [-0.39, 0.29) is 0 Å². The first-order chi connectivity index (χ1) is 13.9. The van der Waals surface area contributed by atoms with Crippen LogP contribution in [0.25, 0.3) is 10.8 Å². The molecule has 144 valence electrons. The minimum absolute atomic E-state index is 0.741. The fraction of sp³-hybridized carbons (Fsp3) is 0.519. The standard InChI is InChI=1S/C27H31N/c1-2-4-20-15-22-8-10-26-25(11-12-27(26)24(22)9-7-18(20)3-1)21-6-5-19-13-14-28-17-23(19)16-21/h5-6,8,13-18,24-27H,1-4,7,9-12H2. The van der Waals surface area contributed by atoms with E-state index in [1.807, 2.05) is 12.4 Å². The van der Waals surface area contributed by atoms with Crippen LogP contribution in [0.5, 0.6) is 0 Å². The summed E-state index contributed by atoms with van der Waals surface area (Å²) in [6, 6.07) is 9.27. The van der Waals surface area contributed by atoms with Gasteiger partial charge in [-0.2, -0.15) is 0 Å². The molecule has 1 nitrogen and oxygen atoms in total. The summed E-state index contributed by atoms with van der Waals surface area (Å²) in [5, 5.41) is 2.62. The lowest BCUT2D eigenvalue weighted by Crippen LogP contribution is -2.26. The first kappa shape index (κ1) is 17.0. The zero-order chi connectivity index (χ0) is 18.5. The Morgan fingerprint density at radius 1 is 0.821 bits per heavy atom. The molecule has 2 fully saturated rings. The number of aromatic nitrogens is 1. The maximum Gasteiger partial charge on any atom is 0.0346 e. The predicted molar refractivity (Wildman–Crippen MR) is 116 cm³/mol. The van der Waals surface area contributed by atoms with E-state index < -0.39 is 0 Å². The van der Waals surface area contributed by atoms with Gasteiger partial charge in [-0.1, -0.05) is 36.3 Å². The van der Waals surface area contributed by atoms with Crippen LogP contribution in [0, 0.1) is 23.7 Å². The van der Waals surface area contributed by atoms with E-state index in [1.165, 1.54) is 68.6 Å². The van der Waals surface area contributed by atoms with Crippen LogP contribution < -0.4 is 0 Å². The highest BCUT2D eigenvalue weighted by molar-refractivity contribution is 5.82. The van der Waals surface area contributed by atoms with E-state index in [9.17, 15) is 0 Å². The fourth-order valence-corrected chi connectivity index (χ4v) is 7.13. The number of fused-ring (bicyclic) bond motifs is 5. The summed E-state index contributed by atoms with van der Waals surface area (Å²) >= 11 is 0. The Labute approximate surface area is 168 Å².